The van der Waals surface area contributed by atoms with E-state index < -0.39 is 0 Å². The van der Waals surface area contributed by atoms with Crippen molar-refractivity contribution in [3.63, 3.8) is 0 Å². The van der Waals surface area contributed by atoms with E-state index >= 15 is 0 Å². The van der Waals surface area contributed by atoms with Crippen LogP contribution in [0.5, 0.6) is 0 Å². The van der Waals surface area contributed by atoms with E-state index in [0.717, 1.165) is 6.61 Å². The van der Waals surface area contributed by atoms with E-state index in [1.54, 1.807) is 6.08 Å². The maximum absolute atomic E-state index is 10.6. The van der Waals surface area contributed by atoms with Crippen LogP contribution in [0, 0.1) is 5.92 Å². The molecule has 3 heteroatoms. The lowest BCUT2D eigenvalue weighted by molar-refractivity contribution is -0.135. The standard InChI is InChI=1S/C8H12O3/c1-6-5-11-7(6)3-4-8(9)10-2/h3-4,6-7H,5H2,1-2H3. The third-order valence-electron chi connectivity index (χ3n) is 1.74. The van der Waals surface area contributed by atoms with Gasteiger partial charge in [0.15, 0.2) is 0 Å². The van der Waals surface area contributed by atoms with Crippen LogP contribution in [0.15, 0.2) is 12.2 Å². The molecule has 1 aliphatic rings. The highest BCUT2D eigenvalue weighted by molar-refractivity contribution is 5.81. The largest absolute Gasteiger partial charge is 0.466 e. The van der Waals surface area contributed by atoms with Gasteiger partial charge in [0.1, 0.15) is 0 Å². The Morgan fingerprint density at radius 1 is 1.73 bits per heavy atom. The third-order valence-corrected chi connectivity index (χ3v) is 1.74. The summed E-state index contributed by atoms with van der Waals surface area (Å²) in [6.45, 7) is 2.87. The van der Waals surface area contributed by atoms with Crippen molar-refractivity contribution in [1.29, 1.82) is 0 Å². The second kappa shape index (κ2) is 3.53. The summed E-state index contributed by atoms with van der Waals surface area (Å²) in [6, 6.07) is 0. The second-order valence-corrected chi connectivity index (χ2v) is 2.66. The van der Waals surface area contributed by atoms with Crippen LogP contribution in [0.25, 0.3) is 0 Å². The molecule has 0 aromatic rings. The maximum Gasteiger partial charge on any atom is 0.330 e. The van der Waals surface area contributed by atoms with Crippen LogP contribution < -0.4 is 0 Å². The molecule has 0 N–H and O–H groups in total. The fraction of sp³-hybridized carbons (Fsp3) is 0.625. The van der Waals surface area contributed by atoms with Gasteiger partial charge in [-0.3, -0.25) is 0 Å². The summed E-state index contributed by atoms with van der Waals surface area (Å²) in [5.41, 5.74) is 0. The van der Waals surface area contributed by atoms with Crippen molar-refractivity contribution in [3.8, 4) is 0 Å². The highest BCUT2D eigenvalue weighted by atomic mass is 16.5. The van der Waals surface area contributed by atoms with Gasteiger partial charge >= 0.3 is 5.97 Å². The van der Waals surface area contributed by atoms with Crippen LogP contribution in [0.4, 0.5) is 0 Å². The van der Waals surface area contributed by atoms with Gasteiger partial charge in [0.25, 0.3) is 0 Å². The van der Waals surface area contributed by atoms with Crippen LogP contribution in [0.1, 0.15) is 6.92 Å². The molecular formula is C8H12O3. The fourth-order valence-corrected chi connectivity index (χ4v) is 0.886. The molecule has 0 aromatic carbocycles. The van der Waals surface area contributed by atoms with Gasteiger partial charge in [0.05, 0.1) is 19.8 Å². The number of carbonyl (C=O) groups is 1. The zero-order chi connectivity index (χ0) is 8.27. The Morgan fingerprint density at radius 2 is 2.45 bits per heavy atom. The van der Waals surface area contributed by atoms with Crippen LogP contribution >= 0.6 is 0 Å². The first-order chi connectivity index (χ1) is 5.24. The minimum atomic E-state index is -0.326. The molecule has 11 heavy (non-hydrogen) atoms. The first-order valence-corrected chi connectivity index (χ1v) is 3.62. The Labute approximate surface area is 66.0 Å². The number of esters is 1. The van der Waals surface area contributed by atoms with Crippen molar-refractivity contribution < 1.29 is 14.3 Å². The molecule has 1 saturated heterocycles. The molecular weight excluding hydrogens is 144 g/mol. The summed E-state index contributed by atoms with van der Waals surface area (Å²) < 4.78 is 9.57. The Balaban J connectivity index is 2.29. The van der Waals surface area contributed by atoms with E-state index in [1.807, 2.05) is 0 Å². The van der Waals surface area contributed by atoms with Gasteiger partial charge in [0.2, 0.25) is 0 Å². The number of methoxy groups -OCH3 is 1. The Kier molecular flexibility index (Phi) is 2.65. The highest BCUT2D eigenvalue weighted by Gasteiger charge is 2.24. The first-order valence-electron chi connectivity index (χ1n) is 3.62. The molecule has 0 saturated carbocycles. The lowest BCUT2D eigenvalue weighted by Crippen LogP contribution is -2.35. The van der Waals surface area contributed by atoms with Crippen molar-refractivity contribution in [2.45, 2.75) is 13.0 Å². The monoisotopic (exact) mass is 156 g/mol. The maximum atomic E-state index is 10.6. The van der Waals surface area contributed by atoms with Gasteiger partial charge in [-0.1, -0.05) is 6.92 Å². The quantitative estimate of drug-likeness (QED) is 0.437. The average Bonchev–Trinajstić information content (AvgIpc) is 2.01. The molecule has 0 aromatic heterocycles. The predicted molar refractivity (Wildman–Crippen MR) is 40.1 cm³/mol. The number of hydrogen-bond donors (Lipinski definition) is 0. The van der Waals surface area contributed by atoms with Crippen molar-refractivity contribution in [2.75, 3.05) is 13.7 Å². The minimum absolute atomic E-state index is 0.106. The third kappa shape index (κ3) is 2.05. The van der Waals surface area contributed by atoms with E-state index in [0.29, 0.717) is 5.92 Å². The summed E-state index contributed by atoms with van der Waals surface area (Å²) in [5, 5.41) is 0. The lowest BCUT2D eigenvalue weighted by atomic mass is 10.0. The molecule has 1 fully saturated rings. The summed E-state index contributed by atoms with van der Waals surface area (Å²) in [4.78, 5) is 10.6. The molecule has 0 radical (unpaired) electrons. The molecule has 2 atom stereocenters. The normalized spacial score (nSPS) is 30.0. The summed E-state index contributed by atoms with van der Waals surface area (Å²) in [7, 11) is 1.36. The van der Waals surface area contributed by atoms with Crippen LogP contribution in [-0.2, 0) is 14.3 Å². The number of ether oxygens (including phenoxy) is 2. The van der Waals surface area contributed by atoms with Gasteiger partial charge in [-0.2, -0.15) is 0 Å². The Morgan fingerprint density at radius 3 is 2.82 bits per heavy atom. The number of rotatable bonds is 2. The predicted octanol–water partition coefficient (Wildman–Crippen LogP) is 0.750. The average molecular weight is 156 g/mol. The highest BCUT2D eigenvalue weighted by Crippen LogP contribution is 2.20. The molecule has 0 amide bonds. The van der Waals surface area contributed by atoms with Gasteiger partial charge in [0, 0.05) is 12.0 Å². The van der Waals surface area contributed by atoms with Gasteiger partial charge in [-0.05, 0) is 6.08 Å². The minimum Gasteiger partial charge on any atom is -0.466 e. The molecule has 1 rings (SSSR count). The van der Waals surface area contributed by atoms with Crippen LogP contribution in [-0.4, -0.2) is 25.8 Å². The number of carbonyl (C=O) groups excluding carboxylic acids is 1. The first kappa shape index (κ1) is 8.27. The summed E-state index contributed by atoms with van der Waals surface area (Å²) in [5.74, 6) is 0.198. The van der Waals surface area contributed by atoms with Gasteiger partial charge in [-0.15, -0.1) is 0 Å². The van der Waals surface area contributed by atoms with E-state index in [2.05, 4.69) is 11.7 Å². The van der Waals surface area contributed by atoms with Crippen LogP contribution in [0.2, 0.25) is 0 Å². The Hall–Kier alpha value is -0.830. The fourth-order valence-electron chi connectivity index (χ4n) is 0.886. The van der Waals surface area contributed by atoms with Gasteiger partial charge < -0.3 is 9.47 Å². The molecule has 62 valence electrons. The van der Waals surface area contributed by atoms with Crippen molar-refractivity contribution in [3.05, 3.63) is 12.2 Å². The zero-order valence-corrected chi connectivity index (χ0v) is 6.74. The lowest BCUT2D eigenvalue weighted by Gasteiger charge is -2.31. The van der Waals surface area contributed by atoms with Crippen molar-refractivity contribution in [2.24, 2.45) is 5.92 Å². The number of hydrogen-bond acceptors (Lipinski definition) is 3. The van der Waals surface area contributed by atoms with E-state index in [9.17, 15) is 4.79 Å². The van der Waals surface area contributed by atoms with Crippen LogP contribution in [0.3, 0.4) is 0 Å². The molecule has 1 heterocycles. The second-order valence-electron chi connectivity index (χ2n) is 2.66. The van der Waals surface area contributed by atoms with Gasteiger partial charge in [-0.25, -0.2) is 4.79 Å². The van der Waals surface area contributed by atoms with E-state index in [4.69, 9.17) is 4.74 Å². The molecule has 0 spiro atoms. The summed E-state index contributed by atoms with van der Waals surface area (Å²) in [6.07, 6.45) is 3.24. The molecule has 3 nitrogen and oxygen atoms in total. The SMILES string of the molecule is COC(=O)C=CC1OCC1C. The zero-order valence-electron chi connectivity index (χ0n) is 6.74. The van der Waals surface area contributed by atoms with E-state index in [1.165, 1.54) is 13.2 Å². The van der Waals surface area contributed by atoms with Crippen molar-refractivity contribution >= 4 is 5.97 Å². The Bertz CT molecular complexity index is 174. The molecule has 0 bridgehead atoms. The van der Waals surface area contributed by atoms with E-state index in [-0.39, 0.29) is 12.1 Å². The molecule has 0 aliphatic carbocycles. The molecule has 2 unspecified atom stereocenters. The van der Waals surface area contributed by atoms with Crippen molar-refractivity contribution in [1.82, 2.24) is 0 Å². The molecule has 1 aliphatic heterocycles. The smallest absolute Gasteiger partial charge is 0.330 e. The summed E-state index contributed by atoms with van der Waals surface area (Å²) >= 11 is 0. The topological polar surface area (TPSA) is 35.5 Å².